The molecule has 0 radical (unpaired) electrons. The van der Waals surface area contributed by atoms with Crippen molar-refractivity contribution in [1.82, 2.24) is 29.5 Å². The second-order valence-corrected chi connectivity index (χ2v) is 7.12. The van der Waals surface area contributed by atoms with Crippen molar-refractivity contribution < 1.29 is 13.2 Å². The number of aryl methyl sites for hydroxylation is 2. The van der Waals surface area contributed by atoms with Crippen LogP contribution >= 0.6 is 0 Å². The lowest BCUT2D eigenvalue weighted by Gasteiger charge is -2.11. The highest BCUT2D eigenvalue weighted by Gasteiger charge is 2.32. The Morgan fingerprint density at radius 2 is 1.75 bits per heavy atom. The van der Waals surface area contributed by atoms with Crippen molar-refractivity contribution in [3.05, 3.63) is 72.3 Å². The molecule has 0 aliphatic rings. The molecule has 1 aromatic carbocycles. The predicted octanol–water partition coefficient (Wildman–Crippen LogP) is 4.35. The van der Waals surface area contributed by atoms with Gasteiger partial charge in [0.1, 0.15) is 5.69 Å². The normalized spacial score (nSPS) is 11.4. The summed E-state index contributed by atoms with van der Waals surface area (Å²) in [7, 11) is 1.90. The Balaban J connectivity index is 1.50. The molecule has 11 heteroatoms. The lowest BCUT2D eigenvalue weighted by molar-refractivity contribution is -0.141. The first-order valence-corrected chi connectivity index (χ1v) is 9.58. The summed E-state index contributed by atoms with van der Waals surface area (Å²) in [4.78, 5) is 20.2. The van der Waals surface area contributed by atoms with Crippen LogP contribution in [0, 0.1) is 6.92 Å². The van der Waals surface area contributed by atoms with Gasteiger partial charge in [-0.3, -0.25) is 0 Å². The van der Waals surface area contributed by atoms with Gasteiger partial charge in [-0.25, -0.2) is 24.9 Å². The number of halogens is 3. The van der Waals surface area contributed by atoms with E-state index in [9.17, 15) is 13.2 Å². The SMILES string of the molecule is Cc1cc(Nc2nccc(C(F)(F)F)n2)cc(-c2cnc(NCc3cncn3C)nc2)c1. The van der Waals surface area contributed by atoms with Gasteiger partial charge in [-0.15, -0.1) is 0 Å². The van der Waals surface area contributed by atoms with E-state index in [1.54, 1.807) is 37.1 Å². The summed E-state index contributed by atoms with van der Waals surface area (Å²) in [5.74, 6) is 0.334. The summed E-state index contributed by atoms with van der Waals surface area (Å²) < 4.78 is 40.6. The van der Waals surface area contributed by atoms with Crippen molar-refractivity contribution >= 4 is 17.6 Å². The minimum absolute atomic E-state index is 0.137. The van der Waals surface area contributed by atoms with Crippen LogP contribution in [0.3, 0.4) is 0 Å². The average molecular weight is 440 g/mol. The number of alkyl halides is 3. The molecule has 2 N–H and O–H groups in total. The fourth-order valence-electron chi connectivity index (χ4n) is 3.02. The van der Waals surface area contributed by atoms with Gasteiger partial charge < -0.3 is 15.2 Å². The maximum atomic E-state index is 12.9. The second kappa shape index (κ2) is 8.61. The van der Waals surface area contributed by atoms with Gasteiger partial charge in [0.05, 0.1) is 18.6 Å². The van der Waals surface area contributed by atoms with E-state index in [2.05, 4.69) is 35.6 Å². The highest BCUT2D eigenvalue weighted by molar-refractivity contribution is 5.70. The van der Waals surface area contributed by atoms with E-state index >= 15 is 0 Å². The van der Waals surface area contributed by atoms with E-state index in [0.717, 1.165) is 34.6 Å². The number of benzene rings is 1. The zero-order valence-corrected chi connectivity index (χ0v) is 17.2. The molecule has 32 heavy (non-hydrogen) atoms. The molecule has 0 aliphatic carbocycles. The van der Waals surface area contributed by atoms with Crippen molar-refractivity contribution in [2.45, 2.75) is 19.6 Å². The predicted molar refractivity (Wildman–Crippen MR) is 113 cm³/mol. The fraction of sp³-hybridized carbons (Fsp3) is 0.190. The highest BCUT2D eigenvalue weighted by atomic mass is 19.4. The Bertz CT molecular complexity index is 1220. The Morgan fingerprint density at radius 3 is 2.44 bits per heavy atom. The van der Waals surface area contributed by atoms with Crippen LogP contribution in [0.2, 0.25) is 0 Å². The van der Waals surface area contributed by atoms with Crippen LogP contribution < -0.4 is 10.6 Å². The number of hydrogen-bond donors (Lipinski definition) is 2. The molecule has 0 aliphatic heterocycles. The minimum atomic E-state index is -4.54. The molecule has 0 bridgehead atoms. The molecule has 8 nitrogen and oxygen atoms in total. The van der Waals surface area contributed by atoms with Gasteiger partial charge >= 0.3 is 6.18 Å². The van der Waals surface area contributed by atoms with Gasteiger partial charge in [0.25, 0.3) is 0 Å². The summed E-state index contributed by atoms with van der Waals surface area (Å²) in [6, 6.07) is 6.32. The maximum absolute atomic E-state index is 12.9. The molecule has 0 atom stereocenters. The average Bonchev–Trinajstić information content (AvgIpc) is 3.16. The molecule has 4 rings (SSSR count). The van der Waals surface area contributed by atoms with Crippen LogP contribution in [0.25, 0.3) is 11.1 Å². The number of aromatic nitrogens is 6. The number of anilines is 3. The first kappa shape index (κ1) is 21.2. The first-order chi connectivity index (χ1) is 15.3. The summed E-state index contributed by atoms with van der Waals surface area (Å²) in [6.07, 6.45) is 3.36. The van der Waals surface area contributed by atoms with E-state index in [1.165, 1.54) is 0 Å². The third-order valence-electron chi connectivity index (χ3n) is 4.61. The van der Waals surface area contributed by atoms with E-state index in [1.807, 2.05) is 24.6 Å². The van der Waals surface area contributed by atoms with Crippen LogP contribution in [-0.4, -0.2) is 29.5 Å². The number of nitrogens with one attached hydrogen (secondary N) is 2. The third kappa shape index (κ3) is 4.99. The van der Waals surface area contributed by atoms with Crippen LogP contribution in [-0.2, 0) is 19.8 Å². The molecular formula is C21H19F3N8. The second-order valence-electron chi connectivity index (χ2n) is 7.12. The molecule has 0 fully saturated rings. The Kier molecular flexibility index (Phi) is 5.71. The first-order valence-electron chi connectivity index (χ1n) is 9.58. The Morgan fingerprint density at radius 1 is 0.969 bits per heavy atom. The largest absolute Gasteiger partial charge is 0.433 e. The van der Waals surface area contributed by atoms with E-state index in [0.29, 0.717) is 18.2 Å². The standard InChI is InChI=1S/C21H19F3N8/c1-13-5-14(7-16(6-13)30-20-26-4-3-18(31-20)21(22,23)24)15-8-27-19(28-9-15)29-11-17-10-25-12-32(17)2/h3-10,12H,11H2,1-2H3,(H,26,30,31)(H,27,28,29). The molecule has 0 spiro atoms. The number of nitrogens with zero attached hydrogens (tertiary/aromatic N) is 6. The van der Waals surface area contributed by atoms with Crippen molar-refractivity contribution in [3.63, 3.8) is 0 Å². The zero-order chi connectivity index (χ0) is 22.7. The molecule has 3 heterocycles. The maximum Gasteiger partial charge on any atom is 0.433 e. The van der Waals surface area contributed by atoms with Crippen molar-refractivity contribution in [2.24, 2.45) is 7.05 Å². The lowest BCUT2D eigenvalue weighted by Crippen LogP contribution is -2.10. The van der Waals surface area contributed by atoms with Crippen molar-refractivity contribution in [1.29, 1.82) is 0 Å². The quantitative estimate of drug-likeness (QED) is 0.460. The van der Waals surface area contributed by atoms with Gasteiger partial charge in [-0.2, -0.15) is 13.2 Å². The van der Waals surface area contributed by atoms with E-state index in [-0.39, 0.29) is 5.95 Å². The van der Waals surface area contributed by atoms with Gasteiger partial charge in [0.15, 0.2) is 0 Å². The molecule has 0 saturated heterocycles. The number of hydrogen-bond acceptors (Lipinski definition) is 7. The molecule has 3 aromatic heterocycles. The zero-order valence-electron chi connectivity index (χ0n) is 17.2. The molecule has 0 unspecified atom stereocenters. The number of imidazole rings is 1. The van der Waals surface area contributed by atoms with Gasteiger partial charge in [-0.1, -0.05) is 6.07 Å². The fourth-order valence-corrected chi connectivity index (χ4v) is 3.02. The van der Waals surface area contributed by atoms with Crippen molar-refractivity contribution in [3.8, 4) is 11.1 Å². The monoisotopic (exact) mass is 440 g/mol. The summed E-state index contributed by atoms with van der Waals surface area (Å²) in [6.45, 7) is 2.41. The topological polar surface area (TPSA) is 93.4 Å². The summed E-state index contributed by atoms with van der Waals surface area (Å²) in [5.41, 5.74) is 2.99. The third-order valence-corrected chi connectivity index (χ3v) is 4.61. The van der Waals surface area contributed by atoms with E-state index in [4.69, 9.17) is 0 Å². The minimum Gasteiger partial charge on any atom is -0.349 e. The Labute approximate surface area is 181 Å². The van der Waals surface area contributed by atoms with Crippen molar-refractivity contribution in [2.75, 3.05) is 10.6 Å². The highest BCUT2D eigenvalue weighted by Crippen LogP contribution is 2.29. The molecular weight excluding hydrogens is 421 g/mol. The Hall–Kier alpha value is -4.02. The molecule has 0 saturated carbocycles. The summed E-state index contributed by atoms with van der Waals surface area (Å²) >= 11 is 0. The molecule has 4 aromatic rings. The smallest absolute Gasteiger partial charge is 0.349 e. The molecule has 164 valence electrons. The van der Waals surface area contributed by atoms with Gasteiger partial charge in [0, 0.05) is 43.1 Å². The van der Waals surface area contributed by atoms with Crippen LogP contribution in [0.15, 0.2) is 55.4 Å². The van der Waals surface area contributed by atoms with E-state index < -0.39 is 11.9 Å². The van der Waals surface area contributed by atoms with Crippen LogP contribution in [0.1, 0.15) is 17.0 Å². The molecule has 0 amide bonds. The van der Waals surface area contributed by atoms with Gasteiger partial charge in [0.2, 0.25) is 11.9 Å². The van der Waals surface area contributed by atoms with Crippen LogP contribution in [0.5, 0.6) is 0 Å². The van der Waals surface area contributed by atoms with Gasteiger partial charge in [-0.05, 0) is 36.2 Å². The lowest BCUT2D eigenvalue weighted by atomic mass is 10.1. The summed E-state index contributed by atoms with van der Waals surface area (Å²) in [5, 5.41) is 5.97. The van der Waals surface area contributed by atoms with Crippen LogP contribution in [0.4, 0.5) is 30.8 Å². The number of rotatable bonds is 6.